The molecule has 0 amide bonds. The van der Waals surface area contributed by atoms with Crippen molar-refractivity contribution < 1.29 is 5.11 Å². The summed E-state index contributed by atoms with van der Waals surface area (Å²) >= 11 is 2.86. The van der Waals surface area contributed by atoms with Crippen molar-refractivity contribution in [1.82, 2.24) is 9.59 Å². The van der Waals surface area contributed by atoms with Gasteiger partial charge >= 0.3 is 0 Å². The number of hydrogen-bond donors (Lipinski definition) is 1. The van der Waals surface area contributed by atoms with Crippen LogP contribution in [0.1, 0.15) is 29.2 Å². The normalized spacial score (nSPS) is 13.0. The number of aromatic nitrogens is 2. The molecule has 0 bridgehead atoms. The summed E-state index contributed by atoms with van der Waals surface area (Å²) in [6.07, 6.45) is 0.253. The molecule has 2 aromatic heterocycles. The molecule has 0 saturated heterocycles. The summed E-state index contributed by atoms with van der Waals surface area (Å²) in [4.78, 5) is 0.867. The summed E-state index contributed by atoms with van der Waals surface area (Å²) in [6, 6.07) is 1.93. The second kappa shape index (κ2) is 4.16. The maximum Gasteiger partial charge on any atom is 0.117 e. The molecule has 5 heteroatoms. The Morgan fingerprint density at radius 3 is 3.07 bits per heavy atom. The molecule has 1 atom stereocenters. The molecule has 2 heterocycles. The van der Waals surface area contributed by atoms with Gasteiger partial charge < -0.3 is 5.11 Å². The number of hydrogen-bond acceptors (Lipinski definition) is 5. The smallest absolute Gasteiger partial charge is 0.117 e. The second-order valence-electron chi connectivity index (χ2n) is 2.90. The molecule has 2 aromatic rings. The van der Waals surface area contributed by atoms with E-state index in [-0.39, 0.29) is 0 Å². The van der Waals surface area contributed by atoms with E-state index in [0.29, 0.717) is 0 Å². The molecule has 3 nitrogen and oxygen atoms in total. The number of aryl methyl sites for hydroxylation is 1. The van der Waals surface area contributed by atoms with Crippen LogP contribution in [0.25, 0.3) is 0 Å². The zero-order valence-electron chi connectivity index (χ0n) is 7.67. The van der Waals surface area contributed by atoms with E-state index in [1.54, 1.807) is 11.3 Å². The third kappa shape index (κ3) is 1.70. The van der Waals surface area contributed by atoms with Crippen LogP contribution in [0.4, 0.5) is 0 Å². The molecule has 0 aromatic carbocycles. The lowest BCUT2D eigenvalue weighted by Gasteiger charge is -2.06. The van der Waals surface area contributed by atoms with Gasteiger partial charge in [-0.1, -0.05) is 11.4 Å². The highest BCUT2D eigenvalue weighted by Gasteiger charge is 2.17. The van der Waals surface area contributed by atoms with Crippen molar-refractivity contribution in [2.75, 3.05) is 0 Å². The summed E-state index contributed by atoms with van der Waals surface area (Å²) in [5, 5.41) is 17.9. The van der Waals surface area contributed by atoms with Crippen LogP contribution in [-0.4, -0.2) is 14.7 Å². The van der Waals surface area contributed by atoms with Gasteiger partial charge in [0.2, 0.25) is 0 Å². The fourth-order valence-corrected chi connectivity index (χ4v) is 2.68. The maximum absolute atomic E-state index is 10.0. The first kappa shape index (κ1) is 9.76. The third-order valence-electron chi connectivity index (χ3n) is 2.03. The van der Waals surface area contributed by atoms with Gasteiger partial charge in [0, 0.05) is 0 Å². The summed E-state index contributed by atoms with van der Waals surface area (Å²) in [5.41, 5.74) is 1.82. The minimum absolute atomic E-state index is 0.559. The van der Waals surface area contributed by atoms with E-state index in [1.165, 1.54) is 11.5 Å². The van der Waals surface area contributed by atoms with E-state index >= 15 is 0 Å². The lowest BCUT2D eigenvalue weighted by Crippen LogP contribution is -1.99. The lowest BCUT2D eigenvalue weighted by atomic mass is 10.1. The van der Waals surface area contributed by atoms with Crippen LogP contribution in [-0.2, 0) is 6.42 Å². The van der Waals surface area contributed by atoms with Crippen molar-refractivity contribution >= 4 is 22.9 Å². The molecule has 0 radical (unpaired) electrons. The summed E-state index contributed by atoms with van der Waals surface area (Å²) < 4.78 is 3.86. The first-order chi connectivity index (χ1) is 6.83. The molecule has 0 aliphatic carbocycles. The van der Waals surface area contributed by atoms with Crippen molar-refractivity contribution in [3.05, 3.63) is 33.0 Å². The number of rotatable bonds is 3. The van der Waals surface area contributed by atoms with Gasteiger partial charge in [-0.05, 0) is 40.3 Å². The highest BCUT2D eigenvalue weighted by molar-refractivity contribution is 7.08. The van der Waals surface area contributed by atoms with Crippen LogP contribution >= 0.6 is 22.9 Å². The van der Waals surface area contributed by atoms with E-state index in [9.17, 15) is 5.11 Å². The lowest BCUT2D eigenvalue weighted by molar-refractivity contribution is 0.223. The van der Waals surface area contributed by atoms with Gasteiger partial charge in [-0.3, -0.25) is 0 Å². The molecule has 1 unspecified atom stereocenters. The molecule has 74 valence electrons. The van der Waals surface area contributed by atoms with Gasteiger partial charge in [0.25, 0.3) is 0 Å². The van der Waals surface area contributed by atoms with E-state index in [1.807, 2.05) is 23.8 Å². The van der Waals surface area contributed by atoms with Crippen LogP contribution < -0.4 is 0 Å². The van der Waals surface area contributed by atoms with E-state index in [2.05, 4.69) is 9.59 Å². The summed E-state index contributed by atoms with van der Waals surface area (Å²) in [5.74, 6) is 0. The average molecular weight is 226 g/mol. The van der Waals surface area contributed by atoms with Gasteiger partial charge in [0.15, 0.2) is 0 Å². The number of aliphatic hydroxyl groups excluding tert-OH is 1. The van der Waals surface area contributed by atoms with E-state index in [0.717, 1.165) is 22.6 Å². The Morgan fingerprint density at radius 1 is 1.57 bits per heavy atom. The quantitative estimate of drug-likeness (QED) is 0.873. The van der Waals surface area contributed by atoms with Crippen molar-refractivity contribution in [3.63, 3.8) is 0 Å². The topological polar surface area (TPSA) is 46.0 Å². The third-order valence-corrected chi connectivity index (χ3v) is 3.55. The van der Waals surface area contributed by atoms with Crippen LogP contribution in [0.15, 0.2) is 16.8 Å². The predicted molar refractivity (Wildman–Crippen MR) is 57.7 cm³/mol. The predicted octanol–water partition coefficient (Wildman–Crippen LogP) is 2.24. The zero-order chi connectivity index (χ0) is 9.97. The fourth-order valence-electron chi connectivity index (χ4n) is 1.25. The Kier molecular flexibility index (Phi) is 2.90. The second-order valence-corrected chi connectivity index (χ2v) is 4.46. The molecule has 0 spiro atoms. The average Bonchev–Trinajstić information content (AvgIpc) is 2.87. The number of nitrogens with zero attached hydrogens (tertiary/aromatic N) is 2. The standard InChI is InChI=1S/C9H10N2OS2/c1-2-7-9(14-11-10-7)8(12)6-3-4-13-5-6/h3-5,8,12H,2H2,1H3. The van der Waals surface area contributed by atoms with Gasteiger partial charge in [-0.2, -0.15) is 11.3 Å². The molecule has 2 rings (SSSR count). The fraction of sp³-hybridized carbons (Fsp3) is 0.333. The highest BCUT2D eigenvalue weighted by atomic mass is 32.1. The number of thiophene rings is 1. The molecular weight excluding hydrogens is 216 g/mol. The van der Waals surface area contributed by atoms with Crippen molar-refractivity contribution in [1.29, 1.82) is 0 Å². The van der Waals surface area contributed by atoms with Gasteiger partial charge in [0.1, 0.15) is 6.10 Å². The minimum atomic E-state index is -0.559. The van der Waals surface area contributed by atoms with Crippen molar-refractivity contribution in [2.24, 2.45) is 0 Å². The molecule has 14 heavy (non-hydrogen) atoms. The van der Waals surface area contributed by atoms with E-state index in [4.69, 9.17) is 0 Å². The zero-order valence-corrected chi connectivity index (χ0v) is 9.31. The van der Waals surface area contributed by atoms with Crippen LogP contribution in [0.2, 0.25) is 0 Å². The van der Waals surface area contributed by atoms with Crippen molar-refractivity contribution in [2.45, 2.75) is 19.4 Å². The molecule has 1 N–H and O–H groups in total. The summed E-state index contributed by atoms with van der Waals surface area (Å²) in [6.45, 7) is 2.01. The Balaban J connectivity index is 2.31. The Hall–Kier alpha value is -0.780. The Bertz CT molecular complexity index is 397. The largest absolute Gasteiger partial charge is 0.383 e. The van der Waals surface area contributed by atoms with E-state index < -0.39 is 6.10 Å². The molecule has 0 aliphatic heterocycles. The Morgan fingerprint density at radius 2 is 2.43 bits per heavy atom. The SMILES string of the molecule is CCc1nnsc1C(O)c1ccsc1. The summed E-state index contributed by atoms with van der Waals surface area (Å²) in [7, 11) is 0. The number of aliphatic hydroxyl groups is 1. The Labute approximate surface area is 90.2 Å². The van der Waals surface area contributed by atoms with Gasteiger partial charge in [0.05, 0.1) is 10.6 Å². The maximum atomic E-state index is 10.0. The highest BCUT2D eigenvalue weighted by Crippen LogP contribution is 2.28. The molecule has 0 aliphatic rings. The first-order valence-electron chi connectivity index (χ1n) is 4.34. The minimum Gasteiger partial charge on any atom is -0.383 e. The first-order valence-corrected chi connectivity index (χ1v) is 6.05. The van der Waals surface area contributed by atoms with Crippen LogP contribution in [0, 0.1) is 0 Å². The molecule has 0 saturated carbocycles. The van der Waals surface area contributed by atoms with Gasteiger partial charge in [-0.15, -0.1) is 5.10 Å². The van der Waals surface area contributed by atoms with Gasteiger partial charge in [-0.25, -0.2) is 0 Å². The van der Waals surface area contributed by atoms with Crippen LogP contribution in [0.5, 0.6) is 0 Å². The van der Waals surface area contributed by atoms with Crippen LogP contribution in [0.3, 0.4) is 0 Å². The van der Waals surface area contributed by atoms with Crippen molar-refractivity contribution in [3.8, 4) is 0 Å². The monoisotopic (exact) mass is 226 g/mol. The molecule has 0 fully saturated rings. The molecular formula is C9H10N2OS2.